The summed E-state index contributed by atoms with van der Waals surface area (Å²) in [4.78, 5) is 0. The van der Waals surface area contributed by atoms with E-state index in [-0.39, 0.29) is 5.56 Å². The topological polar surface area (TPSA) is 0 Å². The summed E-state index contributed by atoms with van der Waals surface area (Å²) in [6, 6.07) is 30.5. The van der Waals surface area contributed by atoms with Crippen LogP contribution in [-0.2, 0) is 25.7 Å². The van der Waals surface area contributed by atoms with Gasteiger partial charge in [-0.3, -0.25) is 0 Å². The van der Waals surface area contributed by atoms with Gasteiger partial charge in [-0.25, -0.2) is 8.78 Å². The summed E-state index contributed by atoms with van der Waals surface area (Å²) in [5.41, 5.74) is 6.81. The van der Waals surface area contributed by atoms with Crippen LogP contribution in [0, 0.1) is 11.6 Å². The van der Waals surface area contributed by atoms with Gasteiger partial charge in [0.05, 0.1) is 0 Å². The Hall–Kier alpha value is -3.52. The van der Waals surface area contributed by atoms with Crippen molar-refractivity contribution in [2.75, 3.05) is 0 Å². The van der Waals surface area contributed by atoms with Crippen LogP contribution in [0.3, 0.4) is 0 Å². The van der Waals surface area contributed by atoms with Gasteiger partial charge in [-0.05, 0) is 90.5 Å². The summed E-state index contributed by atoms with van der Waals surface area (Å²) in [7, 11) is 0. The average molecular weight is 481 g/mol. The summed E-state index contributed by atoms with van der Waals surface area (Å²) < 4.78 is 29.1. The van der Waals surface area contributed by atoms with Crippen molar-refractivity contribution in [1.29, 1.82) is 0 Å². The number of aryl methyl sites for hydroxylation is 2. The molecule has 36 heavy (non-hydrogen) atoms. The van der Waals surface area contributed by atoms with Gasteiger partial charge in [0.1, 0.15) is 11.6 Å². The maximum Gasteiger partial charge on any atom is 0.129 e. The largest absolute Gasteiger partial charge is 0.207 e. The minimum atomic E-state index is -0.472. The maximum atomic E-state index is 14.5. The Morgan fingerprint density at radius 1 is 0.667 bits per heavy atom. The molecule has 0 saturated heterocycles. The fourth-order valence-electron chi connectivity index (χ4n) is 4.65. The van der Waals surface area contributed by atoms with E-state index in [0.717, 1.165) is 24.8 Å². The molecule has 4 aromatic carbocycles. The highest BCUT2D eigenvalue weighted by Crippen LogP contribution is 2.26. The molecule has 0 heterocycles. The molecule has 0 aliphatic heterocycles. The van der Waals surface area contributed by atoms with E-state index >= 15 is 0 Å². The van der Waals surface area contributed by atoms with Crippen molar-refractivity contribution in [2.45, 2.75) is 51.9 Å². The molecule has 0 bridgehead atoms. The van der Waals surface area contributed by atoms with E-state index in [1.807, 2.05) is 31.2 Å². The first-order chi connectivity index (χ1) is 17.5. The van der Waals surface area contributed by atoms with Crippen molar-refractivity contribution >= 4 is 0 Å². The van der Waals surface area contributed by atoms with Crippen LogP contribution in [0.2, 0.25) is 0 Å². The molecule has 1 unspecified atom stereocenters. The third kappa shape index (κ3) is 6.79. The Morgan fingerprint density at radius 2 is 1.22 bits per heavy atom. The van der Waals surface area contributed by atoms with Crippen molar-refractivity contribution < 1.29 is 8.78 Å². The first kappa shape index (κ1) is 25.6. The third-order valence-corrected chi connectivity index (χ3v) is 6.86. The standard InChI is InChI=1S/C34H34F2/c1-3-4-6-11-32-33(35)23-31(24-34(32)36)30-20-18-27(19-21-30)13-12-26-14-16-28(17-15-26)22-25(2)29-9-7-5-8-10-29/h3-5,7-10,14-21,23-25H,6,11-13,22H2,1-2H3/b4-3+. The summed E-state index contributed by atoms with van der Waals surface area (Å²) in [6.45, 7) is 4.18. The number of hydrogen-bond donors (Lipinski definition) is 0. The highest BCUT2D eigenvalue weighted by molar-refractivity contribution is 5.64. The molecule has 4 rings (SSSR count). The third-order valence-electron chi connectivity index (χ3n) is 6.86. The van der Waals surface area contributed by atoms with Gasteiger partial charge in [0.15, 0.2) is 0 Å². The molecular formula is C34H34F2. The highest BCUT2D eigenvalue weighted by Gasteiger charge is 2.12. The van der Waals surface area contributed by atoms with Crippen molar-refractivity contribution in [3.05, 3.63) is 143 Å². The number of hydrogen-bond acceptors (Lipinski definition) is 0. The Bertz CT molecular complexity index is 1250. The number of halogens is 2. The predicted octanol–water partition coefficient (Wildman–Crippen LogP) is 9.27. The highest BCUT2D eigenvalue weighted by atomic mass is 19.1. The number of benzene rings is 4. The molecule has 0 radical (unpaired) electrons. The van der Waals surface area contributed by atoms with Crippen molar-refractivity contribution in [3.63, 3.8) is 0 Å². The SMILES string of the molecule is C/C=C/CCc1c(F)cc(-c2ccc(CCc3ccc(CC(C)c4ccccc4)cc3)cc2)cc1F. The van der Waals surface area contributed by atoms with E-state index < -0.39 is 11.6 Å². The van der Waals surface area contributed by atoms with Crippen LogP contribution in [0.25, 0.3) is 11.1 Å². The molecule has 4 aromatic rings. The second-order valence-electron chi connectivity index (χ2n) is 9.56. The maximum absolute atomic E-state index is 14.5. The molecule has 1 atom stereocenters. The van der Waals surface area contributed by atoms with Gasteiger partial charge in [-0.15, -0.1) is 0 Å². The van der Waals surface area contributed by atoms with E-state index in [2.05, 4.69) is 73.7 Å². The molecular weight excluding hydrogens is 446 g/mol. The summed E-state index contributed by atoms with van der Waals surface area (Å²) in [5, 5.41) is 0. The van der Waals surface area contributed by atoms with Crippen LogP contribution in [0.15, 0.2) is 103 Å². The first-order valence-electron chi connectivity index (χ1n) is 12.8. The van der Waals surface area contributed by atoms with Gasteiger partial charge in [0.25, 0.3) is 0 Å². The van der Waals surface area contributed by atoms with Gasteiger partial charge in [-0.2, -0.15) is 0 Å². The van der Waals surface area contributed by atoms with Crippen molar-refractivity contribution in [3.8, 4) is 11.1 Å². The minimum absolute atomic E-state index is 0.161. The lowest BCUT2D eigenvalue weighted by Crippen LogP contribution is -1.99. The zero-order chi connectivity index (χ0) is 25.3. The Balaban J connectivity index is 1.33. The van der Waals surface area contributed by atoms with Gasteiger partial charge < -0.3 is 0 Å². The van der Waals surface area contributed by atoms with Crippen LogP contribution in [-0.4, -0.2) is 0 Å². The Morgan fingerprint density at radius 3 is 1.81 bits per heavy atom. The zero-order valence-electron chi connectivity index (χ0n) is 21.2. The van der Waals surface area contributed by atoms with Crippen molar-refractivity contribution in [2.24, 2.45) is 0 Å². The molecule has 0 N–H and O–H groups in total. The van der Waals surface area contributed by atoms with E-state index in [1.54, 1.807) is 0 Å². The van der Waals surface area contributed by atoms with E-state index in [4.69, 9.17) is 0 Å². The van der Waals surface area contributed by atoms with Crippen LogP contribution in [0.5, 0.6) is 0 Å². The lowest BCUT2D eigenvalue weighted by Gasteiger charge is -2.12. The molecule has 0 nitrogen and oxygen atoms in total. The van der Waals surface area contributed by atoms with Gasteiger partial charge >= 0.3 is 0 Å². The molecule has 0 spiro atoms. The monoisotopic (exact) mass is 480 g/mol. The lowest BCUT2D eigenvalue weighted by atomic mass is 9.93. The lowest BCUT2D eigenvalue weighted by molar-refractivity contribution is 0.556. The smallest absolute Gasteiger partial charge is 0.129 e. The number of rotatable bonds is 10. The van der Waals surface area contributed by atoms with Crippen LogP contribution >= 0.6 is 0 Å². The second-order valence-corrected chi connectivity index (χ2v) is 9.56. The Kier molecular flexibility index (Phi) is 8.84. The first-order valence-corrected chi connectivity index (χ1v) is 12.8. The van der Waals surface area contributed by atoms with Crippen molar-refractivity contribution in [1.82, 2.24) is 0 Å². The molecule has 0 aliphatic carbocycles. The average Bonchev–Trinajstić information content (AvgIpc) is 2.90. The summed E-state index contributed by atoms with van der Waals surface area (Å²) in [5.74, 6) is -0.452. The summed E-state index contributed by atoms with van der Waals surface area (Å²) in [6.07, 6.45) is 7.73. The van der Waals surface area contributed by atoms with E-state index in [1.165, 1.54) is 34.4 Å². The second kappa shape index (κ2) is 12.4. The quantitative estimate of drug-likeness (QED) is 0.198. The van der Waals surface area contributed by atoms with Crippen LogP contribution in [0.1, 0.15) is 54.0 Å². The predicted molar refractivity (Wildman–Crippen MR) is 147 cm³/mol. The zero-order valence-corrected chi connectivity index (χ0v) is 21.2. The molecule has 0 fully saturated rings. The number of allylic oxidation sites excluding steroid dienone is 2. The van der Waals surface area contributed by atoms with Gasteiger partial charge in [-0.1, -0.05) is 97.9 Å². The molecule has 0 saturated carbocycles. The minimum Gasteiger partial charge on any atom is -0.207 e. The van der Waals surface area contributed by atoms with E-state index in [0.29, 0.717) is 24.3 Å². The van der Waals surface area contributed by atoms with Crippen LogP contribution < -0.4 is 0 Å². The van der Waals surface area contributed by atoms with Gasteiger partial charge in [0, 0.05) is 5.56 Å². The molecule has 0 aliphatic rings. The van der Waals surface area contributed by atoms with E-state index in [9.17, 15) is 8.78 Å². The molecule has 0 amide bonds. The molecule has 0 aromatic heterocycles. The normalized spacial score (nSPS) is 12.2. The van der Waals surface area contributed by atoms with Gasteiger partial charge in [0.2, 0.25) is 0 Å². The summed E-state index contributed by atoms with van der Waals surface area (Å²) >= 11 is 0. The Labute approximate surface area is 214 Å². The van der Waals surface area contributed by atoms with Crippen LogP contribution in [0.4, 0.5) is 8.78 Å². The fourth-order valence-corrected chi connectivity index (χ4v) is 4.65. The molecule has 184 valence electrons. The molecule has 2 heteroatoms. The fraction of sp³-hybridized carbons (Fsp3) is 0.235.